The Hall–Kier alpha value is -2.09. The van der Waals surface area contributed by atoms with E-state index in [1.165, 1.54) is 25.1 Å². The fourth-order valence-corrected chi connectivity index (χ4v) is 2.45. The van der Waals surface area contributed by atoms with Gasteiger partial charge in [0.2, 0.25) is 10.0 Å². The molecule has 0 aromatic heterocycles. The van der Waals surface area contributed by atoms with Crippen molar-refractivity contribution in [3.8, 4) is 0 Å². The van der Waals surface area contributed by atoms with Gasteiger partial charge in [-0.15, -0.1) is 0 Å². The molecule has 7 nitrogen and oxygen atoms in total. The number of benzene rings is 1. The molecule has 1 rings (SSSR count). The van der Waals surface area contributed by atoms with Crippen LogP contribution in [0.4, 0.5) is 5.69 Å². The Morgan fingerprint density at radius 3 is 2.53 bits per heavy atom. The molecule has 0 saturated carbocycles. The smallest absolute Gasteiger partial charge is 0.336 e. The standard InChI is InChI=1S/C11H13NO6S/c1-7-8(11(14)15)4-3-5-9(7)12-19(16,17)6-10(13)18-2/h3-5,12H,6H2,1-2H3,(H,14,15). The van der Waals surface area contributed by atoms with Crippen molar-refractivity contribution in [3.05, 3.63) is 29.3 Å². The monoisotopic (exact) mass is 287 g/mol. The second-order valence-electron chi connectivity index (χ2n) is 3.72. The number of aromatic carboxylic acids is 1. The van der Waals surface area contributed by atoms with Crippen molar-refractivity contribution in [3.63, 3.8) is 0 Å². The number of esters is 1. The molecule has 1 aromatic rings. The molecule has 19 heavy (non-hydrogen) atoms. The number of carbonyl (C=O) groups is 2. The Bertz CT molecular complexity index is 608. The first-order chi connectivity index (χ1) is 8.76. The topological polar surface area (TPSA) is 110 Å². The van der Waals surface area contributed by atoms with Crippen LogP contribution in [0.25, 0.3) is 0 Å². The highest BCUT2D eigenvalue weighted by Gasteiger charge is 2.19. The second-order valence-corrected chi connectivity index (χ2v) is 5.44. The van der Waals surface area contributed by atoms with E-state index in [1.807, 2.05) is 0 Å². The Balaban J connectivity index is 3.04. The summed E-state index contributed by atoms with van der Waals surface area (Å²) in [6, 6.07) is 4.18. The van der Waals surface area contributed by atoms with Crippen LogP contribution in [-0.4, -0.2) is 38.3 Å². The van der Waals surface area contributed by atoms with Crippen LogP contribution >= 0.6 is 0 Å². The fourth-order valence-electron chi connectivity index (χ4n) is 1.40. The summed E-state index contributed by atoms with van der Waals surface area (Å²) >= 11 is 0. The third kappa shape index (κ3) is 3.95. The molecule has 0 unspecified atom stereocenters. The fraction of sp³-hybridized carbons (Fsp3) is 0.273. The lowest BCUT2D eigenvalue weighted by atomic mass is 10.1. The zero-order valence-electron chi connectivity index (χ0n) is 10.3. The molecule has 1 aromatic carbocycles. The highest BCUT2D eigenvalue weighted by atomic mass is 32.2. The van der Waals surface area contributed by atoms with Gasteiger partial charge in [0.1, 0.15) is 0 Å². The molecule has 0 aliphatic rings. The highest BCUT2D eigenvalue weighted by Crippen LogP contribution is 2.20. The summed E-state index contributed by atoms with van der Waals surface area (Å²) in [6.07, 6.45) is 0. The minimum atomic E-state index is -3.93. The number of anilines is 1. The Morgan fingerprint density at radius 2 is 2.00 bits per heavy atom. The van der Waals surface area contributed by atoms with Gasteiger partial charge >= 0.3 is 11.9 Å². The lowest BCUT2D eigenvalue weighted by Gasteiger charge is -2.11. The van der Waals surface area contributed by atoms with E-state index in [1.54, 1.807) is 0 Å². The van der Waals surface area contributed by atoms with Gasteiger partial charge in [-0.05, 0) is 24.6 Å². The largest absolute Gasteiger partial charge is 0.478 e. The van der Waals surface area contributed by atoms with Gasteiger partial charge in [-0.1, -0.05) is 6.07 Å². The van der Waals surface area contributed by atoms with Gasteiger partial charge in [0.05, 0.1) is 18.4 Å². The van der Waals surface area contributed by atoms with Crippen molar-refractivity contribution in [1.29, 1.82) is 0 Å². The third-order valence-corrected chi connectivity index (χ3v) is 3.51. The maximum atomic E-state index is 11.6. The number of carboxylic acids is 1. The van der Waals surface area contributed by atoms with Crippen LogP contribution in [0, 0.1) is 6.92 Å². The van der Waals surface area contributed by atoms with Crippen LogP contribution in [0.15, 0.2) is 18.2 Å². The highest BCUT2D eigenvalue weighted by molar-refractivity contribution is 7.93. The molecule has 2 N–H and O–H groups in total. The van der Waals surface area contributed by atoms with Gasteiger partial charge in [-0.3, -0.25) is 9.52 Å². The van der Waals surface area contributed by atoms with Crippen molar-refractivity contribution < 1.29 is 27.9 Å². The van der Waals surface area contributed by atoms with E-state index < -0.39 is 27.7 Å². The first-order valence-electron chi connectivity index (χ1n) is 5.17. The number of carbonyl (C=O) groups excluding carboxylic acids is 1. The number of nitrogens with one attached hydrogen (secondary N) is 1. The lowest BCUT2D eigenvalue weighted by Crippen LogP contribution is -2.24. The molecular weight excluding hydrogens is 274 g/mol. The molecule has 0 spiro atoms. The van der Waals surface area contributed by atoms with E-state index in [9.17, 15) is 18.0 Å². The van der Waals surface area contributed by atoms with Crippen LogP contribution < -0.4 is 4.72 Å². The number of carboxylic acid groups (broad SMARTS) is 1. The first kappa shape index (κ1) is 15.0. The van der Waals surface area contributed by atoms with Crippen LogP contribution in [-0.2, 0) is 19.6 Å². The summed E-state index contributed by atoms with van der Waals surface area (Å²) in [5.74, 6) is -2.90. The van der Waals surface area contributed by atoms with E-state index in [4.69, 9.17) is 5.11 Å². The van der Waals surface area contributed by atoms with Crippen LogP contribution in [0.2, 0.25) is 0 Å². The number of ether oxygens (including phenoxy) is 1. The predicted octanol–water partition coefficient (Wildman–Crippen LogP) is 0.608. The molecule has 0 atom stereocenters. The molecule has 8 heteroatoms. The zero-order valence-corrected chi connectivity index (χ0v) is 11.2. The van der Waals surface area contributed by atoms with E-state index >= 15 is 0 Å². The first-order valence-corrected chi connectivity index (χ1v) is 6.82. The zero-order chi connectivity index (χ0) is 14.6. The summed E-state index contributed by atoms with van der Waals surface area (Å²) in [5.41, 5.74) is 0.366. The number of hydrogen-bond donors (Lipinski definition) is 2. The van der Waals surface area contributed by atoms with Gasteiger partial charge < -0.3 is 9.84 Å². The number of hydrogen-bond acceptors (Lipinski definition) is 5. The molecule has 0 aliphatic heterocycles. The van der Waals surface area contributed by atoms with Crippen molar-refractivity contribution in [2.75, 3.05) is 17.6 Å². The average Bonchev–Trinajstić information content (AvgIpc) is 2.30. The van der Waals surface area contributed by atoms with E-state index in [0.717, 1.165) is 7.11 Å². The normalized spacial score (nSPS) is 10.8. The summed E-state index contributed by atoms with van der Waals surface area (Å²) in [4.78, 5) is 21.9. The lowest BCUT2D eigenvalue weighted by molar-refractivity contribution is -0.137. The second kappa shape index (κ2) is 5.70. The minimum absolute atomic E-state index is 0.0155. The summed E-state index contributed by atoms with van der Waals surface area (Å²) in [5, 5.41) is 8.92. The van der Waals surface area contributed by atoms with Crippen LogP contribution in [0.5, 0.6) is 0 Å². The number of sulfonamides is 1. The third-order valence-electron chi connectivity index (χ3n) is 2.37. The molecule has 0 amide bonds. The van der Waals surface area contributed by atoms with Gasteiger partial charge in [0.15, 0.2) is 5.75 Å². The van der Waals surface area contributed by atoms with Crippen LogP contribution in [0.1, 0.15) is 15.9 Å². The Morgan fingerprint density at radius 1 is 1.37 bits per heavy atom. The number of methoxy groups -OCH3 is 1. The predicted molar refractivity (Wildman–Crippen MR) is 67.6 cm³/mol. The Labute approximate surface area is 110 Å². The van der Waals surface area contributed by atoms with Gasteiger partial charge in [0, 0.05) is 0 Å². The maximum absolute atomic E-state index is 11.6. The average molecular weight is 287 g/mol. The van der Waals surface area contributed by atoms with Crippen molar-refractivity contribution >= 4 is 27.6 Å². The van der Waals surface area contributed by atoms with Crippen molar-refractivity contribution in [2.45, 2.75) is 6.92 Å². The summed E-state index contributed by atoms with van der Waals surface area (Å²) in [6.45, 7) is 1.47. The molecule has 0 saturated heterocycles. The van der Waals surface area contributed by atoms with E-state index in [0.29, 0.717) is 0 Å². The maximum Gasteiger partial charge on any atom is 0.336 e. The molecule has 0 fully saturated rings. The minimum Gasteiger partial charge on any atom is -0.478 e. The molecule has 0 heterocycles. The number of rotatable bonds is 5. The van der Waals surface area contributed by atoms with Crippen molar-refractivity contribution in [2.24, 2.45) is 0 Å². The quantitative estimate of drug-likeness (QED) is 0.768. The SMILES string of the molecule is COC(=O)CS(=O)(=O)Nc1cccc(C(=O)O)c1C. The van der Waals surface area contributed by atoms with Crippen LogP contribution in [0.3, 0.4) is 0 Å². The van der Waals surface area contributed by atoms with E-state index in [2.05, 4.69) is 9.46 Å². The van der Waals surface area contributed by atoms with Gasteiger partial charge in [-0.25, -0.2) is 13.2 Å². The van der Waals surface area contributed by atoms with Gasteiger partial charge in [0.25, 0.3) is 0 Å². The van der Waals surface area contributed by atoms with Gasteiger partial charge in [-0.2, -0.15) is 0 Å². The van der Waals surface area contributed by atoms with Crippen molar-refractivity contribution in [1.82, 2.24) is 0 Å². The molecule has 104 valence electrons. The molecular formula is C11H13NO6S. The molecule has 0 bridgehead atoms. The van der Waals surface area contributed by atoms with E-state index in [-0.39, 0.29) is 16.8 Å². The molecule has 0 aliphatic carbocycles. The Kier molecular flexibility index (Phi) is 4.49. The summed E-state index contributed by atoms with van der Waals surface area (Å²) in [7, 11) is -2.85. The molecule has 0 radical (unpaired) electrons. The summed E-state index contributed by atoms with van der Waals surface area (Å²) < 4.78 is 29.7.